The summed E-state index contributed by atoms with van der Waals surface area (Å²) < 4.78 is 14.7. The van der Waals surface area contributed by atoms with Crippen LogP contribution in [-0.2, 0) is 22.7 Å². The van der Waals surface area contributed by atoms with Crippen molar-refractivity contribution in [1.29, 1.82) is 0 Å². The van der Waals surface area contributed by atoms with Gasteiger partial charge in [-0.05, 0) is 36.4 Å². The van der Waals surface area contributed by atoms with Gasteiger partial charge in [-0.25, -0.2) is 9.37 Å². The molecule has 2 amide bonds. The summed E-state index contributed by atoms with van der Waals surface area (Å²) >= 11 is 0. The van der Waals surface area contributed by atoms with Crippen molar-refractivity contribution < 1.29 is 14.0 Å². The highest BCUT2D eigenvalue weighted by Gasteiger charge is 2.14. The number of rotatable bonds is 5. The fourth-order valence-corrected chi connectivity index (χ4v) is 2.52. The lowest BCUT2D eigenvalue weighted by Crippen LogP contribution is -2.24. The van der Waals surface area contributed by atoms with Crippen LogP contribution in [-0.4, -0.2) is 21.4 Å². The van der Waals surface area contributed by atoms with Gasteiger partial charge in [0.2, 0.25) is 11.8 Å². The number of halogens is 1. The van der Waals surface area contributed by atoms with Crippen molar-refractivity contribution >= 4 is 28.5 Å². The first-order valence-electron chi connectivity index (χ1n) is 7.77. The van der Waals surface area contributed by atoms with Gasteiger partial charge in [-0.3, -0.25) is 9.59 Å². The summed E-state index contributed by atoms with van der Waals surface area (Å²) in [5.41, 5.74) is 2.06. The molecule has 3 aromatic rings. The maximum Gasteiger partial charge on any atom is 0.244 e. The van der Waals surface area contributed by atoms with E-state index in [-0.39, 0.29) is 30.7 Å². The van der Waals surface area contributed by atoms with Crippen LogP contribution in [0.25, 0.3) is 11.0 Å². The van der Waals surface area contributed by atoms with Crippen molar-refractivity contribution in [1.82, 2.24) is 14.9 Å². The minimum absolute atomic E-state index is 0.0345. The van der Waals surface area contributed by atoms with E-state index in [1.165, 1.54) is 31.2 Å². The largest absolute Gasteiger partial charge is 0.349 e. The summed E-state index contributed by atoms with van der Waals surface area (Å²) in [6, 6.07) is 13.0. The van der Waals surface area contributed by atoms with Crippen LogP contribution < -0.4 is 10.6 Å². The molecule has 0 spiro atoms. The quantitative estimate of drug-likeness (QED) is 0.749. The Balaban J connectivity index is 1.83. The van der Waals surface area contributed by atoms with Gasteiger partial charge in [0.25, 0.3) is 0 Å². The highest BCUT2D eigenvalue weighted by Crippen LogP contribution is 2.16. The van der Waals surface area contributed by atoms with Gasteiger partial charge in [0.15, 0.2) is 0 Å². The Bertz CT molecular complexity index is 918. The Kier molecular flexibility index (Phi) is 4.74. The molecular formula is C18H17FN4O2. The van der Waals surface area contributed by atoms with Gasteiger partial charge in [-0.15, -0.1) is 0 Å². The number of amides is 2. The number of aromatic nitrogens is 2. The molecule has 0 unspecified atom stereocenters. The van der Waals surface area contributed by atoms with E-state index in [1.54, 1.807) is 4.57 Å². The van der Waals surface area contributed by atoms with Crippen molar-refractivity contribution in [3.8, 4) is 0 Å². The lowest BCUT2D eigenvalue weighted by molar-refractivity contribution is -0.119. The fourth-order valence-electron chi connectivity index (χ4n) is 2.52. The number of nitrogens with one attached hydrogen (secondary N) is 2. The molecular weight excluding hydrogens is 323 g/mol. The van der Waals surface area contributed by atoms with Crippen LogP contribution in [0.2, 0.25) is 0 Å². The predicted molar refractivity (Wildman–Crippen MR) is 92.3 cm³/mol. The number of fused-ring (bicyclic) bond motifs is 1. The van der Waals surface area contributed by atoms with Crippen molar-refractivity contribution in [3.63, 3.8) is 0 Å². The number of benzene rings is 2. The number of hydrogen-bond acceptors (Lipinski definition) is 3. The zero-order chi connectivity index (χ0) is 17.8. The van der Waals surface area contributed by atoms with E-state index in [9.17, 15) is 14.0 Å². The molecule has 25 heavy (non-hydrogen) atoms. The second kappa shape index (κ2) is 7.12. The van der Waals surface area contributed by atoms with Gasteiger partial charge < -0.3 is 15.2 Å². The van der Waals surface area contributed by atoms with Crippen molar-refractivity contribution in [2.45, 2.75) is 20.0 Å². The molecule has 128 valence electrons. The van der Waals surface area contributed by atoms with Gasteiger partial charge in [-0.2, -0.15) is 0 Å². The molecule has 0 radical (unpaired) electrons. The van der Waals surface area contributed by atoms with E-state index in [0.717, 1.165) is 11.0 Å². The van der Waals surface area contributed by atoms with Crippen LogP contribution in [0.1, 0.15) is 12.7 Å². The lowest BCUT2D eigenvalue weighted by Gasteiger charge is -2.10. The second-order valence-electron chi connectivity index (χ2n) is 5.57. The monoisotopic (exact) mass is 340 g/mol. The molecule has 6 nitrogen and oxygen atoms in total. The molecule has 0 saturated heterocycles. The maximum absolute atomic E-state index is 12.9. The molecule has 2 N–H and O–H groups in total. The fraction of sp³-hybridized carbons (Fsp3) is 0.167. The zero-order valence-electron chi connectivity index (χ0n) is 13.6. The minimum Gasteiger partial charge on any atom is -0.349 e. The van der Waals surface area contributed by atoms with Crippen molar-refractivity contribution in [3.05, 3.63) is 60.2 Å². The van der Waals surface area contributed by atoms with Crippen LogP contribution in [0.15, 0.2) is 48.5 Å². The maximum atomic E-state index is 12.9. The number of anilines is 1. The SMILES string of the molecule is CC(=O)NCc1nc2ccccc2n1CC(=O)Nc1ccc(F)cc1. The minimum atomic E-state index is -0.365. The standard InChI is InChI=1S/C18H17FN4O2/c1-12(24)20-10-17-22-15-4-2-3-5-16(15)23(17)11-18(25)21-14-8-6-13(19)7-9-14/h2-9H,10-11H2,1H3,(H,20,24)(H,21,25). The van der Waals surface area contributed by atoms with E-state index < -0.39 is 0 Å². The summed E-state index contributed by atoms with van der Waals surface area (Å²) in [5.74, 6) is -0.213. The number of nitrogens with zero attached hydrogens (tertiary/aromatic N) is 2. The average Bonchev–Trinajstić information content (AvgIpc) is 2.93. The predicted octanol–water partition coefficient (Wildman–Crippen LogP) is 2.45. The van der Waals surface area contributed by atoms with Crippen LogP contribution in [0.4, 0.5) is 10.1 Å². The third kappa shape index (κ3) is 4.00. The Hall–Kier alpha value is -3.22. The van der Waals surface area contributed by atoms with Crippen LogP contribution in [0, 0.1) is 5.82 Å². The second-order valence-corrected chi connectivity index (χ2v) is 5.57. The van der Waals surface area contributed by atoms with E-state index in [1.807, 2.05) is 24.3 Å². The van der Waals surface area contributed by atoms with E-state index in [2.05, 4.69) is 15.6 Å². The van der Waals surface area contributed by atoms with Crippen molar-refractivity contribution in [2.75, 3.05) is 5.32 Å². The van der Waals surface area contributed by atoms with E-state index >= 15 is 0 Å². The molecule has 1 aromatic heterocycles. The van der Waals surface area contributed by atoms with Gasteiger partial charge in [0.05, 0.1) is 17.6 Å². The van der Waals surface area contributed by atoms with Gasteiger partial charge in [0.1, 0.15) is 18.2 Å². The summed E-state index contributed by atoms with van der Waals surface area (Å²) in [6.45, 7) is 1.69. The van der Waals surface area contributed by atoms with E-state index in [0.29, 0.717) is 11.5 Å². The van der Waals surface area contributed by atoms with E-state index in [4.69, 9.17) is 0 Å². The normalized spacial score (nSPS) is 10.6. The van der Waals surface area contributed by atoms with Gasteiger partial charge in [-0.1, -0.05) is 12.1 Å². The molecule has 3 rings (SSSR count). The molecule has 0 aliphatic heterocycles. The summed E-state index contributed by atoms with van der Waals surface area (Å²) in [4.78, 5) is 28.0. The molecule has 0 atom stereocenters. The number of hydrogen-bond donors (Lipinski definition) is 2. The summed E-state index contributed by atoms with van der Waals surface area (Å²) in [7, 11) is 0. The Morgan fingerprint density at radius 1 is 1.12 bits per heavy atom. The first-order valence-corrected chi connectivity index (χ1v) is 7.77. The van der Waals surface area contributed by atoms with Crippen LogP contribution >= 0.6 is 0 Å². The van der Waals surface area contributed by atoms with Crippen LogP contribution in [0.5, 0.6) is 0 Å². The average molecular weight is 340 g/mol. The molecule has 0 aliphatic rings. The number of carbonyl (C=O) groups is 2. The highest BCUT2D eigenvalue weighted by atomic mass is 19.1. The first kappa shape index (κ1) is 16.6. The summed E-state index contributed by atoms with van der Waals surface area (Å²) in [5, 5.41) is 5.42. The lowest BCUT2D eigenvalue weighted by atomic mass is 10.3. The van der Waals surface area contributed by atoms with Gasteiger partial charge >= 0.3 is 0 Å². The molecule has 0 saturated carbocycles. The third-order valence-corrected chi connectivity index (χ3v) is 3.66. The molecule has 0 aliphatic carbocycles. The third-order valence-electron chi connectivity index (χ3n) is 3.66. The zero-order valence-corrected chi connectivity index (χ0v) is 13.6. The molecule has 1 heterocycles. The van der Waals surface area contributed by atoms with Crippen LogP contribution in [0.3, 0.4) is 0 Å². The molecule has 0 bridgehead atoms. The Morgan fingerprint density at radius 3 is 2.56 bits per heavy atom. The van der Waals surface area contributed by atoms with Gasteiger partial charge in [0, 0.05) is 12.6 Å². The number of carbonyl (C=O) groups excluding carboxylic acids is 2. The molecule has 2 aromatic carbocycles. The topological polar surface area (TPSA) is 76.0 Å². The van der Waals surface area contributed by atoms with Crippen molar-refractivity contribution in [2.24, 2.45) is 0 Å². The summed E-state index contributed by atoms with van der Waals surface area (Å²) in [6.07, 6.45) is 0. The smallest absolute Gasteiger partial charge is 0.244 e. The Morgan fingerprint density at radius 2 is 1.84 bits per heavy atom. The number of para-hydroxylation sites is 2. The highest BCUT2D eigenvalue weighted by molar-refractivity contribution is 5.91. The number of imidazole rings is 1. The molecule has 0 fully saturated rings. The Labute approximate surface area is 143 Å². The molecule has 7 heteroatoms. The first-order chi connectivity index (χ1) is 12.0.